The number of benzene rings is 1. The molecule has 0 bridgehead atoms. The van der Waals surface area contributed by atoms with Crippen LogP contribution < -0.4 is 5.32 Å². The van der Waals surface area contributed by atoms with Crippen molar-refractivity contribution in [1.29, 1.82) is 0 Å². The molecule has 2 aliphatic rings. The lowest BCUT2D eigenvalue weighted by atomic mass is 9.95. The number of nitrogens with one attached hydrogen (secondary N) is 1. The molecule has 0 radical (unpaired) electrons. The van der Waals surface area contributed by atoms with E-state index in [0.717, 1.165) is 39.1 Å². The highest BCUT2D eigenvalue weighted by atomic mass is 16.5. The summed E-state index contributed by atoms with van der Waals surface area (Å²) in [5, 5.41) is 3.10. The van der Waals surface area contributed by atoms with Crippen LogP contribution in [-0.4, -0.2) is 43.2 Å². The number of ether oxygens (including phenoxy) is 1. The molecular formula is C20H30N2O2. The minimum Gasteiger partial charge on any atom is -0.377 e. The molecule has 2 aliphatic heterocycles. The Morgan fingerprint density at radius 3 is 2.58 bits per heavy atom. The Bertz CT molecular complexity index is 515. The predicted molar refractivity (Wildman–Crippen MR) is 95.8 cm³/mol. The molecule has 1 aromatic carbocycles. The molecule has 4 nitrogen and oxygen atoms in total. The summed E-state index contributed by atoms with van der Waals surface area (Å²) in [6.45, 7) is 6.70. The Morgan fingerprint density at radius 1 is 1.17 bits per heavy atom. The second-order valence-electron chi connectivity index (χ2n) is 7.27. The van der Waals surface area contributed by atoms with Crippen LogP contribution in [0, 0.1) is 12.8 Å². The topological polar surface area (TPSA) is 41.6 Å². The molecule has 0 aliphatic carbocycles. The second-order valence-corrected chi connectivity index (χ2v) is 7.27. The molecule has 1 aromatic rings. The van der Waals surface area contributed by atoms with Gasteiger partial charge in [0.25, 0.3) is 0 Å². The molecule has 1 atom stereocenters. The molecule has 0 unspecified atom stereocenters. The molecule has 0 spiro atoms. The van der Waals surface area contributed by atoms with Crippen molar-refractivity contribution in [1.82, 2.24) is 10.2 Å². The van der Waals surface area contributed by atoms with Crippen LogP contribution in [0.25, 0.3) is 0 Å². The number of aryl methyl sites for hydroxylation is 1. The van der Waals surface area contributed by atoms with Crippen LogP contribution >= 0.6 is 0 Å². The van der Waals surface area contributed by atoms with Crippen molar-refractivity contribution < 1.29 is 9.53 Å². The maximum Gasteiger partial charge on any atom is 0.223 e. The van der Waals surface area contributed by atoms with Crippen LogP contribution in [0.1, 0.15) is 43.2 Å². The quantitative estimate of drug-likeness (QED) is 0.902. The number of hydrogen-bond donors (Lipinski definition) is 1. The zero-order chi connectivity index (χ0) is 16.8. The summed E-state index contributed by atoms with van der Waals surface area (Å²) < 4.78 is 5.83. The third-order valence-electron chi connectivity index (χ3n) is 5.28. The van der Waals surface area contributed by atoms with Gasteiger partial charge in [-0.15, -0.1) is 0 Å². The van der Waals surface area contributed by atoms with E-state index in [4.69, 9.17) is 4.74 Å². The van der Waals surface area contributed by atoms with E-state index in [1.807, 2.05) is 0 Å². The first-order valence-corrected chi connectivity index (χ1v) is 9.38. The monoisotopic (exact) mass is 330 g/mol. The van der Waals surface area contributed by atoms with E-state index in [9.17, 15) is 4.79 Å². The summed E-state index contributed by atoms with van der Waals surface area (Å²) in [6, 6.07) is 8.35. The van der Waals surface area contributed by atoms with E-state index in [-0.39, 0.29) is 11.8 Å². The van der Waals surface area contributed by atoms with Gasteiger partial charge >= 0.3 is 0 Å². The molecule has 0 saturated carbocycles. The van der Waals surface area contributed by atoms with Gasteiger partial charge in [-0.05, 0) is 57.7 Å². The third kappa shape index (κ3) is 5.05. The normalized spacial score (nSPS) is 23.1. The Balaban J connectivity index is 1.37. The van der Waals surface area contributed by atoms with Crippen LogP contribution in [0.5, 0.6) is 0 Å². The van der Waals surface area contributed by atoms with E-state index >= 15 is 0 Å². The molecule has 1 N–H and O–H groups in total. The highest BCUT2D eigenvalue weighted by molar-refractivity contribution is 5.78. The number of nitrogens with zero attached hydrogens (tertiary/aromatic N) is 1. The molecule has 4 heteroatoms. The lowest BCUT2D eigenvalue weighted by Gasteiger charge is -2.34. The number of rotatable bonds is 5. The Labute approximate surface area is 145 Å². The largest absolute Gasteiger partial charge is 0.377 e. The molecular weight excluding hydrogens is 300 g/mol. The average Bonchev–Trinajstić information content (AvgIpc) is 2.62. The second kappa shape index (κ2) is 8.63. The summed E-state index contributed by atoms with van der Waals surface area (Å²) >= 11 is 0. The third-order valence-corrected chi connectivity index (χ3v) is 5.28. The van der Waals surface area contributed by atoms with E-state index < -0.39 is 0 Å². The number of amides is 1. The standard InChI is InChI=1S/C20H30N2O2/c1-16-5-7-17(8-6-16)14-21-20(23)18-9-11-22(12-10-18)15-19-4-2-3-13-24-19/h5-8,18-19H,2-4,9-15H2,1H3,(H,21,23)/t19-/m1/s1. The molecule has 132 valence electrons. The van der Waals surface area contributed by atoms with Crippen LogP contribution in [0.4, 0.5) is 0 Å². The van der Waals surface area contributed by atoms with Crippen molar-refractivity contribution in [2.45, 2.75) is 51.7 Å². The molecule has 1 amide bonds. The minimum absolute atomic E-state index is 0.166. The van der Waals surface area contributed by atoms with Gasteiger partial charge in [0.15, 0.2) is 0 Å². The van der Waals surface area contributed by atoms with Gasteiger partial charge in [-0.3, -0.25) is 4.79 Å². The van der Waals surface area contributed by atoms with Gasteiger partial charge in [0, 0.05) is 25.6 Å². The van der Waals surface area contributed by atoms with E-state index in [0.29, 0.717) is 12.6 Å². The van der Waals surface area contributed by atoms with Gasteiger partial charge in [-0.2, -0.15) is 0 Å². The van der Waals surface area contributed by atoms with Gasteiger partial charge in [0.05, 0.1) is 6.10 Å². The Kier molecular flexibility index (Phi) is 6.27. The fourth-order valence-electron chi connectivity index (χ4n) is 3.66. The van der Waals surface area contributed by atoms with Gasteiger partial charge in [0.2, 0.25) is 5.91 Å². The van der Waals surface area contributed by atoms with Crippen LogP contribution in [-0.2, 0) is 16.1 Å². The maximum atomic E-state index is 12.4. The lowest BCUT2D eigenvalue weighted by Crippen LogP contribution is -2.43. The van der Waals surface area contributed by atoms with Crippen molar-refractivity contribution in [3.05, 3.63) is 35.4 Å². The summed E-state index contributed by atoms with van der Waals surface area (Å²) in [5.41, 5.74) is 2.42. The van der Waals surface area contributed by atoms with Crippen molar-refractivity contribution in [2.24, 2.45) is 5.92 Å². The first-order chi connectivity index (χ1) is 11.7. The molecule has 2 saturated heterocycles. The highest BCUT2D eigenvalue weighted by Gasteiger charge is 2.26. The van der Waals surface area contributed by atoms with Crippen molar-refractivity contribution in [3.8, 4) is 0 Å². The highest BCUT2D eigenvalue weighted by Crippen LogP contribution is 2.20. The predicted octanol–water partition coefficient (Wildman–Crippen LogP) is 2.89. The van der Waals surface area contributed by atoms with E-state index in [1.165, 1.54) is 30.4 Å². The van der Waals surface area contributed by atoms with E-state index in [2.05, 4.69) is 41.4 Å². The zero-order valence-corrected chi connectivity index (χ0v) is 14.8. The molecule has 2 fully saturated rings. The van der Waals surface area contributed by atoms with Gasteiger partial charge < -0.3 is 15.0 Å². The number of carbonyl (C=O) groups excluding carboxylic acids is 1. The summed E-state index contributed by atoms with van der Waals surface area (Å²) in [5.74, 6) is 0.378. The summed E-state index contributed by atoms with van der Waals surface area (Å²) in [6.07, 6.45) is 6.03. The molecule has 3 rings (SSSR count). The van der Waals surface area contributed by atoms with Crippen molar-refractivity contribution >= 4 is 5.91 Å². The summed E-state index contributed by atoms with van der Waals surface area (Å²) in [4.78, 5) is 14.9. The average molecular weight is 330 g/mol. The van der Waals surface area contributed by atoms with Crippen LogP contribution in [0.15, 0.2) is 24.3 Å². The number of carbonyl (C=O) groups is 1. The SMILES string of the molecule is Cc1ccc(CNC(=O)C2CCN(C[C@H]3CCCCO3)CC2)cc1. The zero-order valence-electron chi connectivity index (χ0n) is 14.8. The Morgan fingerprint density at radius 2 is 1.92 bits per heavy atom. The van der Waals surface area contributed by atoms with E-state index in [1.54, 1.807) is 0 Å². The molecule has 2 heterocycles. The summed E-state index contributed by atoms with van der Waals surface area (Å²) in [7, 11) is 0. The Hall–Kier alpha value is -1.39. The number of likely N-dealkylation sites (tertiary alicyclic amines) is 1. The van der Waals surface area contributed by atoms with Gasteiger partial charge in [-0.1, -0.05) is 29.8 Å². The van der Waals surface area contributed by atoms with Gasteiger partial charge in [0.1, 0.15) is 0 Å². The maximum absolute atomic E-state index is 12.4. The lowest BCUT2D eigenvalue weighted by molar-refractivity contribution is -0.126. The van der Waals surface area contributed by atoms with Crippen molar-refractivity contribution in [2.75, 3.05) is 26.2 Å². The van der Waals surface area contributed by atoms with Crippen LogP contribution in [0.2, 0.25) is 0 Å². The smallest absolute Gasteiger partial charge is 0.223 e. The minimum atomic E-state index is 0.166. The number of hydrogen-bond acceptors (Lipinski definition) is 3. The fraction of sp³-hybridized carbons (Fsp3) is 0.650. The first-order valence-electron chi connectivity index (χ1n) is 9.38. The molecule has 24 heavy (non-hydrogen) atoms. The van der Waals surface area contributed by atoms with Crippen LogP contribution in [0.3, 0.4) is 0 Å². The first kappa shape index (κ1) is 17.4. The number of piperidine rings is 1. The molecule has 0 aromatic heterocycles. The van der Waals surface area contributed by atoms with Crippen molar-refractivity contribution in [3.63, 3.8) is 0 Å². The fourth-order valence-corrected chi connectivity index (χ4v) is 3.66. The van der Waals surface area contributed by atoms with Gasteiger partial charge in [-0.25, -0.2) is 0 Å².